The van der Waals surface area contributed by atoms with Gasteiger partial charge in [0.25, 0.3) is 0 Å². The molecular weight excluding hydrogens is 264 g/mol. The molecule has 0 saturated carbocycles. The zero-order chi connectivity index (χ0) is 15.2. The average molecular weight is 290 g/mol. The summed E-state index contributed by atoms with van der Waals surface area (Å²) in [6.07, 6.45) is 2.29. The van der Waals surface area contributed by atoms with Crippen LogP contribution in [-0.2, 0) is 11.3 Å². The van der Waals surface area contributed by atoms with E-state index in [1.165, 1.54) is 12.7 Å². The van der Waals surface area contributed by atoms with Gasteiger partial charge in [0.15, 0.2) is 0 Å². The molecule has 1 aliphatic heterocycles. The maximum Gasteiger partial charge on any atom is 0.337 e. The van der Waals surface area contributed by atoms with Crippen LogP contribution in [0.15, 0.2) is 24.3 Å². The van der Waals surface area contributed by atoms with Crippen molar-refractivity contribution in [1.82, 2.24) is 10.2 Å². The van der Waals surface area contributed by atoms with Gasteiger partial charge in [-0.2, -0.15) is 0 Å². The highest BCUT2D eigenvalue weighted by Crippen LogP contribution is 2.17. The predicted molar refractivity (Wildman–Crippen MR) is 84.4 cm³/mol. The summed E-state index contributed by atoms with van der Waals surface area (Å²) in [4.78, 5) is 14.2. The Balaban J connectivity index is 2.09. The first-order valence-electron chi connectivity index (χ1n) is 7.82. The maximum atomic E-state index is 11.6. The lowest BCUT2D eigenvalue weighted by Crippen LogP contribution is -2.55. The van der Waals surface area contributed by atoms with Crippen molar-refractivity contribution < 1.29 is 9.53 Å². The van der Waals surface area contributed by atoms with Gasteiger partial charge in [-0.25, -0.2) is 4.79 Å². The second-order valence-electron chi connectivity index (χ2n) is 5.70. The first-order chi connectivity index (χ1) is 10.2. The Kier molecular flexibility index (Phi) is 5.76. The SMILES string of the molecule is CCC1CN(Cc2cccc(C(=O)OC)c2)C(CC)CN1. The molecule has 4 heteroatoms. The number of methoxy groups -OCH3 is 1. The van der Waals surface area contributed by atoms with Gasteiger partial charge < -0.3 is 10.1 Å². The molecular formula is C17H26N2O2. The Morgan fingerprint density at radius 2 is 2.19 bits per heavy atom. The van der Waals surface area contributed by atoms with Crippen LogP contribution in [0, 0.1) is 0 Å². The first-order valence-corrected chi connectivity index (χ1v) is 7.82. The van der Waals surface area contributed by atoms with Gasteiger partial charge in [0.1, 0.15) is 0 Å². The monoisotopic (exact) mass is 290 g/mol. The summed E-state index contributed by atoms with van der Waals surface area (Å²) in [7, 11) is 1.42. The number of rotatable bonds is 5. The summed E-state index contributed by atoms with van der Waals surface area (Å²) in [5, 5.41) is 3.61. The van der Waals surface area contributed by atoms with Crippen molar-refractivity contribution in [3.05, 3.63) is 35.4 Å². The molecule has 0 aromatic heterocycles. The lowest BCUT2D eigenvalue weighted by atomic mass is 10.0. The summed E-state index contributed by atoms with van der Waals surface area (Å²) in [6, 6.07) is 8.90. The molecule has 2 rings (SSSR count). The highest BCUT2D eigenvalue weighted by molar-refractivity contribution is 5.89. The van der Waals surface area contributed by atoms with E-state index in [1.807, 2.05) is 12.1 Å². The highest BCUT2D eigenvalue weighted by Gasteiger charge is 2.25. The molecule has 116 valence electrons. The number of hydrogen-bond acceptors (Lipinski definition) is 4. The minimum Gasteiger partial charge on any atom is -0.465 e. The lowest BCUT2D eigenvalue weighted by molar-refractivity contribution is 0.0600. The highest BCUT2D eigenvalue weighted by atomic mass is 16.5. The predicted octanol–water partition coefficient (Wildman–Crippen LogP) is 2.44. The van der Waals surface area contributed by atoms with Crippen LogP contribution in [0.1, 0.15) is 42.6 Å². The van der Waals surface area contributed by atoms with E-state index in [0.29, 0.717) is 17.6 Å². The van der Waals surface area contributed by atoms with Gasteiger partial charge in [-0.3, -0.25) is 4.90 Å². The van der Waals surface area contributed by atoms with E-state index >= 15 is 0 Å². The molecule has 1 heterocycles. The Bertz CT molecular complexity index is 476. The zero-order valence-electron chi connectivity index (χ0n) is 13.3. The average Bonchev–Trinajstić information content (AvgIpc) is 2.54. The van der Waals surface area contributed by atoms with E-state index in [1.54, 1.807) is 6.07 Å². The number of nitrogens with one attached hydrogen (secondary N) is 1. The maximum absolute atomic E-state index is 11.6. The lowest BCUT2D eigenvalue weighted by Gasteiger charge is -2.40. The van der Waals surface area contributed by atoms with Crippen molar-refractivity contribution in [3.63, 3.8) is 0 Å². The Hall–Kier alpha value is -1.39. The van der Waals surface area contributed by atoms with Crippen LogP contribution in [0.25, 0.3) is 0 Å². The van der Waals surface area contributed by atoms with E-state index in [-0.39, 0.29) is 5.97 Å². The topological polar surface area (TPSA) is 41.6 Å². The molecule has 2 unspecified atom stereocenters. The molecule has 1 aromatic rings. The molecule has 0 amide bonds. The van der Waals surface area contributed by atoms with E-state index in [9.17, 15) is 4.79 Å². The van der Waals surface area contributed by atoms with E-state index in [2.05, 4.69) is 30.1 Å². The number of nitrogens with zero attached hydrogens (tertiary/aromatic N) is 1. The quantitative estimate of drug-likeness (QED) is 0.846. The van der Waals surface area contributed by atoms with Crippen molar-refractivity contribution in [2.24, 2.45) is 0 Å². The van der Waals surface area contributed by atoms with Gasteiger partial charge in [0.2, 0.25) is 0 Å². The first kappa shape index (κ1) is 16.0. The number of carbonyl (C=O) groups is 1. The summed E-state index contributed by atoms with van der Waals surface area (Å²) in [5.41, 5.74) is 1.80. The Labute approximate surface area is 127 Å². The fraction of sp³-hybridized carbons (Fsp3) is 0.588. The number of benzene rings is 1. The molecule has 1 aromatic carbocycles. The summed E-state index contributed by atoms with van der Waals surface area (Å²) in [6.45, 7) is 7.46. The molecule has 0 radical (unpaired) electrons. The van der Waals surface area contributed by atoms with Crippen LogP contribution in [0.3, 0.4) is 0 Å². The van der Waals surface area contributed by atoms with Crippen molar-refractivity contribution >= 4 is 5.97 Å². The van der Waals surface area contributed by atoms with Gasteiger partial charge in [0, 0.05) is 31.7 Å². The number of ether oxygens (including phenoxy) is 1. The molecule has 0 spiro atoms. The van der Waals surface area contributed by atoms with Crippen LogP contribution in [0.4, 0.5) is 0 Å². The van der Waals surface area contributed by atoms with Crippen LogP contribution in [0.5, 0.6) is 0 Å². The molecule has 4 nitrogen and oxygen atoms in total. The molecule has 0 bridgehead atoms. The number of carbonyl (C=O) groups excluding carboxylic acids is 1. The summed E-state index contributed by atoms with van der Waals surface area (Å²) in [5.74, 6) is -0.268. The zero-order valence-corrected chi connectivity index (χ0v) is 13.3. The largest absolute Gasteiger partial charge is 0.465 e. The van der Waals surface area contributed by atoms with Gasteiger partial charge in [-0.05, 0) is 30.5 Å². The van der Waals surface area contributed by atoms with Crippen molar-refractivity contribution in [2.45, 2.75) is 45.3 Å². The number of hydrogen-bond donors (Lipinski definition) is 1. The third-order valence-corrected chi connectivity index (χ3v) is 4.31. The smallest absolute Gasteiger partial charge is 0.337 e. The Morgan fingerprint density at radius 1 is 1.38 bits per heavy atom. The van der Waals surface area contributed by atoms with Gasteiger partial charge in [0.05, 0.1) is 12.7 Å². The van der Waals surface area contributed by atoms with Crippen molar-refractivity contribution in [2.75, 3.05) is 20.2 Å². The molecule has 1 fully saturated rings. The van der Waals surface area contributed by atoms with Crippen LogP contribution >= 0.6 is 0 Å². The molecule has 2 atom stereocenters. The van der Waals surface area contributed by atoms with Crippen LogP contribution < -0.4 is 5.32 Å². The van der Waals surface area contributed by atoms with Crippen molar-refractivity contribution in [3.8, 4) is 0 Å². The van der Waals surface area contributed by atoms with E-state index in [4.69, 9.17) is 4.74 Å². The summed E-state index contributed by atoms with van der Waals surface area (Å²) >= 11 is 0. The van der Waals surface area contributed by atoms with Crippen LogP contribution in [0.2, 0.25) is 0 Å². The molecule has 1 saturated heterocycles. The Morgan fingerprint density at radius 3 is 2.86 bits per heavy atom. The minimum atomic E-state index is -0.268. The van der Waals surface area contributed by atoms with E-state index in [0.717, 1.165) is 32.5 Å². The second kappa shape index (κ2) is 7.57. The number of piperazine rings is 1. The molecule has 1 N–H and O–H groups in total. The number of esters is 1. The van der Waals surface area contributed by atoms with E-state index < -0.39 is 0 Å². The van der Waals surface area contributed by atoms with Gasteiger partial charge in [-0.15, -0.1) is 0 Å². The third-order valence-electron chi connectivity index (χ3n) is 4.31. The molecule has 1 aliphatic rings. The van der Waals surface area contributed by atoms with Gasteiger partial charge >= 0.3 is 5.97 Å². The second-order valence-corrected chi connectivity index (χ2v) is 5.70. The third kappa shape index (κ3) is 4.05. The normalized spacial score (nSPS) is 23.0. The molecule has 21 heavy (non-hydrogen) atoms. The minimum absolute atomic E-state index is 0.268. The summed E-state index contributed by atoms with van der Waals surface area (Å²) < 4.78 is 4.80. The van der Waals surface area contributed by atoms with Crippen molar-refractivity contribution in [1.29, 1.82) is 0 Å². The molecule has 0 aliphatic carbocycles. The fourth-order valence-corrected chi connectivity index (χ4v) is 2.95. The standard InChI is InChI=1S/C17H26N2O2/c1-4-15-12-19(16(5-2)10-18-15)11-13-7-6-8-14(9-13)17(20)21-3/h6-9,15-16,18H,4-5,10-12H2,1-3H3. The van der Waals surface area contributed by atoms with Crippen LogP contribution in [-0.4, -0.2) is 43.2 Å². The van der Waals surface area contributed by atoms with Gasteiger partial charge in [-0.1, -0.05) is 26.0 Å². The fourth-order valence-electron chi connectivity index (χ4n) is 2.95.